The number of anilines is 2. The largest absolute Gasteiger partial charge is 0.459 e. The Morgan fingerprint density at radius 1 is 0.929 bits per heavy atom. The fourth-order valence-electron chi connectivity index (χ4n) is 3.85. The number of hydrogen-bond donors (Lipinski definition) is 2. The van der Waals surface area contributed by atoms with Crippen molar-refractivity contribution in [2.75, 3.05) is 23.8 Å². The zero-order valence-electron chi connectivity index (χ0n) is 25.0. The smallest absolute Gasteiger partial charge is 0.416 e. The number of esters is 1. The van der Waals surface area contributed by atoms with Crippen LogP contribution in [0.4, 0.5) is 16.3 Å². The lowest BCUT2D eigenvalue weighted by atomic mass is 10.0. The van der Waals surface area contributed by atoms with Crippen LogP contribution in [-0.2, 0) is 30.7 Å². The molecule has 1 amide bonds. The lowest BCUT2D eigenvalue weighted by molar-refractivity contribution is -0.153. The van der Waals surface area contributed by atoms with E-state index in [-0.39, 0.29) is 17.1 Å². The molecule has 2 aromatic heterocycles. The summed E-state index contributed by atoms with van der Waals surface area (Å²) in [7, 11) is -2.19. The second-order valence-electron chi connectivity index (χ2n) is 11.6. The average Bonchev–Trinajstić information content (AvgIpc) is 2.90. The molecule has 0 aliphatic rings. The Bertz CT molecular complexity index is 1470. The number of hydrogen-bond acceptors (Lipinski definition) is 9. The molecule has 3 aromatic rings. The van der Waals surface area contributed by atoms with E-state index in [1.807, 2.05) is 31.3 Å². The zero-order valence-corrected chi connectivity index (χ0v) is 25.9. The average molecular weight is 598 g/mol. The van der Waals surface area contributed by atoms with Crippen molar-refractivity contribution in [3.63, 3.8) is 0 Å². The Kier molecular flexibility index (Phi) is 10.3. The maximum absolute atomic E-state index is 13.3. The van der Waals surface area contributed by atoms with Crippen molar-refractivity contribution >= 4 is 33.6 Å². The second kappa shape index (κ2) is 13.3. The zero-order chi connectivity index (χ0) is 31.1. The number of carbonyl (C=O) groups is 2. The number of ether oxygens (including phenoxy) is 2. The molecule has 0 saturated heterocycles. The minimum absolute atomic E-state index is 0.00278. The van der Waals surface area contributed by atoms with Gasteiger partial charge in [-0.05, 0) is 89.9 Å². The van der Waals surface area contributed by atoms with E-state index >= 15 is 0 Å². The van der Waals surface area contributed by atoms with E-state index in [1.54, 1.807) is 59.7 Å². The minimum atomic E-state index is -4.00. The summed E-state index contributed by atoms with van der Waals surface area (Å²) in [6.45, 7) is 9.85. The molecule has 12 heteroatoms. The van der Waals surface area contributed by atoms with Gasteiger partial charge in [0.2, 0.25) is 10.0 Å². The summed E-state index contributed by atoms with van der Waals surface area (Å²) in [6.07, 6.45) is 2.20. The van der Waals surface area contributed by atoms with Gasteiger partial charge in [0.1, 0.15) is 28.5 Å². The van der Waals surface area contributed by atoms with Crippen LogP contribution in [0.3, 0.4) is 0 Å². The minimum Gasteiger partial charge on any atom is -0.459 e. The van der Waals surface area contributed by atoms with Gasteiger partial charge in [-0.1, -0.05) is 18.2 Å². The number of amides is 1. The van der Waals surface area contributed by atoms with Gasteiger partial charge in [-0.15, -0.1) is 0 Å². The van der Waals surface area contributed by atoms with Gasteiger partial charge in [0.25, 0.3) is 0 Å². The molecule has 3 rings (SSSR count). The van der Waals surface area contributed by atoms with Crippen LogP contribution < -0.4 is 14.9 Å². The van der Waals surface area contributed by atoms with Gasteiger partial charge in [-0.25, -0.2) is 22.9 Å². The van der Waals surface area contributed by atoms with Crippen molar-refractivity contribution < 1.29 is 27.5 Å². The first-order valence-corrected chi connectivity index (χ1v) is 14.9. The van der Waals surface area contributed by atoms with Crippen molar-refractivity contribution in [1.29, 1.82) is 0 Å². The number of nitrogens with zero attached hydrogens (tertiary/aromatic N) is 3. The van der Waals surface area contributed by atoms with Crippen LogP contribution in [0.25, 0.3) is 0 Å². The predicted molar refractivity (Wildman–Crippen MR) is 161 cm³/mol. The molecule has 0 spiro atoms. The van der Waals surface area contributed by atoms with E-state index in [9.17, 15) is 18.0 Å². The van der Waals surface area contributed by atoms with Gasteiger partial charge in [-0.3, -0.25) is 14.7 Å². The summed E-state index contributed by atoms with van der Waals surface area (Å²) >= 11 is 0. The number of aromatic nitrogens is 2. The van der Waals surface area contributed by atoms with Crippen LogP contribution in [0, 0.1) is 0 Å². The number of pyridine rings is 2. The van der Waals surface area contributed by atoms with Crippen LogP contribution in [0.1, 0.15) is 58.8 Å². The first-order chi connectivity index (χ1) is 19.6. The van der Waals surface area contributed by atoms with Gasteiger partial charge < -0.3 is 14.8 Å². The highest BCUT2D eigenvalue weighted by molar-refractivity contribution is 7.89. The molecule has 0 saturated carbocycles. The Hall–Kier alpha value is -4.03. The van der Waals surface area contributed by atoms with E-state index < -0.39 is 45.9 Å². The number of sulfonamides is 1. The fraction of sp³-hybridized carbons (Fsp3) is 0.400. The van der Waals surface area contributed by atoms with Gasteiger partial charge >= 0.3 is 12.1 Å². The first-order valence-electron chi connectivity index (χ1n) is 13.4. The summed E-state index contributed by atoms with van der Waals surface area (Å²) in [4.78, 5) is 35.7. The van der Waals surface area contributed by atoms with Crippen molar-refractivity contribution in [1.82, 2.24) is 14.7 Å². The number of carbonyl (C=O) groups excluding carboxylic acids is 2. The van der Waals surface area contributed by atoms with Gasteiger partial charge in [0, 0.05) is 25.1 Å². The maximum atomic E-state index is 13.3. The topological polar surface area (TPSA) is 140 Å². The van der Waals surface area contributed by atoms with E-state index in [0.717, 1.165) is 16.2 Å². The molecule has 42 heavy (non-hydrogen) atoms. The first kappa shape index (κ1) is 32.5. The Morgan fingerprint density at radius 3 is 2.17 bits per heavy atom. The van der Waals surface area contributed by atoms with E-state index in [2.05, 4.69) is 20.0 Å². The normalized spacial score (nSPS) is 12.7. The fourth-order valence-corrected chi connectivity index (χ4v) is 5.03. The second-order valence-corrected chi connectivity index (χ2v) is 13.3. The summed E-state index contributed by atoms with van der Waals surface area (Å²) in [6, 6.07) is 14.5. The molecule has 1 unspecified atom stereocenters. The van der Waals surface area contributed by atoms with Crippen LogP contribution in [0.2, 0.25) is 0 Å². The van der Waals surface area contributed by atoms with Crippen molar-refractivity contribution in [2.45, 2.75) is 70.1 Å². The molecule has 0 fully saturated rings. The predicted octanol–water partition coefficient (Wildman–Crippen LogP) is 4.86. The molecule has 2 heterocycles. The number of nitrogens with one attached hydrogen (secondary N) is 2. The molecule has 0 aliphatic heterocycles. The van der Waals surface area contributed by atoms with Crippen LogP contribution in [0.15, 0.2) is 71.9 Å². The summed E-state index contributed by atoms with van der Waals surface area (Å²) in [5.41, 5.74) is 0.460. The Labute approximate surface area is 247 Å². The molecule has 226 valence electrons. The van der Waals surface area contributed by atoms with Gasteiger partial charge in [0.15, 0.2) is 0 Å². The third-order valence-corrected chi connectivity index (χ3v) is 7.09. The molecule has 1 atom stereocenters. The molecular formula is C30H39N5O6S. The molecule has 0 aliphatic carbocycles. The quantitative estimate of drug-likeness (QED) is 0.314. The van der Waals surface area contributed by atoms with Crippen LogP contribution in [0.5, 0.6) is 0 Å². The highest BCUT2D eigenvalue weighted by atomic mass is 32.2. The molecule has 1 aromatic carbocycles. The Balaban J connectivity index is 2.03. The van der Waals surface area contributed by atoms with Crippen molar-refractivity contribution in [2.24, 2.45) is 0 Å². The third kappa shape index (κ3) is 9.81. The maximum Gasteiger partial charge on any atom is 0.416 e. The highest BCUT2D eigenvalue weighted by Gasteiger charge is 2.30. The summed E-state index contributed by atoms with van der Waals surface area (Å²) < 4.78 is 40.4. The van der Waals surface area contributed by atoms with Crippen LogP contribution >= 0.6 is 0 Å². The summed E-state index contributed by atoms with van der Waals surface area (Å²) in [5, 5.41) is 3.06. The molecule has 2 N–H and O–H groups in total. The van der Waals surface area contributed by atoms with E-state index in [1.165, 1.54) is 24.5 Å². The molecule has 0 radical (unpaired) electrons. The lowest BCUT2D eigenvalue weighted by Crippen LogP contribution is -2.42. The number of rotatable bonds is 10. The lowest BCUT2D eigenvalue weighted by Gasteiger charge is -2.28. The van der Waals surface area contributed by atoms with Crippen molar-refractivity contribution in [3.05, 3.63) is 78.2 Å². The van der Waals surface area contributed by atoms with E-state index in [0.29, 0.717) is 5.69 Å². The third-order valence-electron chi connectivity index (χ3n) is 5.64. The van der Waals surface area contributed by atoms with Gasteiger partial charge in [0.05, 0.1) is 11.7 Å². The summed E-state index contributed by atoms with van der Waals surface area (Å²) in [5.74, 6) is -0.553. The SMILES string of the molecule is CNc1ccc(CC(NS(=O)(=O)c2cccnc2)c2cccc(N(CC(=O)OC(C)(C)C)C(=O)OC(C)(C)C)n2)cc1. The molecule has 0 bridgehead atoms. The van der Waals surface area contributed by atoms with E-state index in [4.69, 9.17) is 9.47 Å². The molecule has 11 nitrogen and oxygen atoms in total. The van der Waals surface area contributed by atoms with Crippen molar-refractivity contribution in [3.8, 4) is 0 Å². The molecular weight excluding hydrogens is 558 g/mol. The van der Waals surface area contributed by atoms with Gasteiger partial charge in [-0.2, -0.15) is 0 Å². The standard InChI is InChI=1S/C30H39N5O6S/c1-29(2,3)40-27(36)20-35(28(37)41-30(4,5)6)26-12-8-11-24(33-26)25(18-21-13-15-22(31-7)16-14-21)34-42(38,39)23-10-9-17-32-19-23/h8-17,19,25,31,34H,18,20H2,1-7H3. The highest BCUT2D eigenvalue weighted by Crippen LogP contribution is 2.25. The van der Waals surface area contributed by atoms with Crippen LogP contribution in [-0.4, -0.2) is 55.2 Å². The monoisotopic (exact) mass is 597 g/mol. The Morgan fingerprint density at radius 2 is 1.60 bits per heavy atom. The number of benzene rings is 1.